The van der Waals surface area contributed by atoms with E-state index in [1.807, 2.05) is 13.8 Å². The van der Waals surface area contributed by atoms with E-state index in [9.17, 15) is 18.4 Å². The SMILES string of the molecule is CCOC(=O)C1C(C)=NC2=C(C(=O)CC(C)(C)C2)[C@H]1c1ccc(F)c(F)c1. The zero-order valence-electron chi connectivity index (χ0n) is 15.9. The number of ether oxygens (including phenoxy) is 1. The molecule has 1 aromatic carbocycles. The van der Waals surface area contributed by atoms with Crippen molar-refractivity contribution in [3.05, 3.63) is 46.7 Å². The van der Waals surface area contributed by atoms with E-state index in [0.29, 0.717) is 35.4 Å². The lowest BCUT2D eigenvalue weighted by Crippen LogP contribution is -2.39. The minimum atomic E-state index is -1.01. The summed E-state index contributed by atoms with van der Waals surface area (Å²) in [6.07, 6.45) is 0.900. The summed E-state index contributed by atoms with van der Waals surface area (Å²) in [6, 6.07) is 3.50. The third kappa shape index (κ3) is 3.57. The van der Waals surface area contributed by atoms with Crippen molar-refractivity contribution in [3.8, 4) is 0 Å². The van der Waals surface area contributed by atoms with Crippen LogP contribution in [0.3, 0.4) is 0 Å². The van der Waals surface area contributed by atoms with Crippen LogP contribution in [0.15, 0.2) is 34.5 Å². The molecule has 1 aliphatic carbocycles. The fourth-order valence-corrected chi connectivity index (χ4v) is 4.05. The molecule has 0 radical (unpaired) electrons. The minimum Gasteiger partial charge on any atom is -0.465 e. The summed E-state index contributed by atoms with van der Waals surface area (Å²) in [5.74, 6) is -4.17. The Morgan fingerprint density at radius 2 is 1.96 bits per heavy atom. The van der Waals surface area contributed by atoms with Crippen molar-refractivity contribution >= 4 is 17.5 Å². The molecule has 2 atom stereocenters. The number of aliphatic imine (C=N–C) groups is 1. The van der Waals surface area contributed by atoms with Gasteiger partial charge >= 0.3 is 5.97 Å². The smallest absolute Gasteiger partial charge is 0.315 e. The van der Waals surface area contributed by atoms with E-state index in [0.717, 1.165) is 12.1 Å². The molecule has 3 rings (SSSR count). The Morgan fingerprint density at radius 1 is 1.26 bits per heavy atom. The van der Waals surface area contributed by atoms with Crippen LogP contribution in [0.5, 0.6) is 0 Å². The van der Waals surface area contributed by atoms with E-state index in [1.54, 1.807) is 13.8 Å². The molecule has 0 saturated carbocycles. The van der Waals surface area contributed by atoms with Gasteiger partial charge in [0.2, 0.25) is 0 Å². The molecular formula is C21H23F2NO3. The van der Waals surface area contributed by atoms with Crippen molar-refractivity contribution in [1.29, 1.82) is 0 Å². The summed E-state index contributed by atoms with van der Waals surface area (Å²) in [7, 11) is 0. The van der Waals surface area contributed by atoms with Gasteiger partial charge in [0.25, 0.3) is 0 Å². The molecule has 144 valence electrons. The van der Waals surface area contributed by atoms with E-state index >= 15 is 0 Å². The number of Topliss-reactive ketones (excluding diaryl/α,β-unsaturated/α-hetero) is 1. The molecule has 0 aromatic heterocycles. The minimum absolute atomic E-state index is 0.110. The van der Waals surface area contributed by atoms with Crippen molar-refractivity contribution in [1.82, 2.24) is 0 Å². The van der Waals surface area contributed by atoms with Crippen molar-refractivity contribution in [3.63, 3.8) is 0 Å². The van der Waals surface area contributed by atoms with Gasteiger partial charge in [-0.3, -0.25) is 14.6 Å². The maximum atomic E-state index is 13.9. The second-order valence-corrected chi connectivity index (χ2v) is 7.94. The lowest BCUT2D eigenvalue weighted by molar-refractivity contribution is -0.146. The van der Waals surface area contributed by atoms with E-state index in [1.165, 1.54) is 6.07 Å². The molecular weight excluding hydrogens is 352 g/mol. The van der Waals surface area contributed by atoms with Crippen LogP contribution < -0.4 is 0 Å². The number of benzene rings is 1. The molecule has 0 fully saturated rings. The summed E-state index contributed by atoms with van der Waals surface area (Å²) in [5, 5.41) is 0. The topological polar surface area (TPSA) is 55.7 Å². The van der Waals surface area contributed by atoms with E-state index in [2.05, 4.69) is 4.99 Å². The Hall–Kier alpha value is -2.37. The number of hydrogen-bond acceptors (Lipinski definition) is 4. The number of hydrogen-bond donors (Lipinski definition) is 0. The van der Waals surface area contributed by atoms with Crippen LogP contribution in [0.4, 0.5) is 8.78 Å². The summed E-state index contributed by atoms with van der Waals surface area (Å²) >= 11 is 0. The molecule has 2 aliphatic rings. The maximum absolute atomic E-state index is 13.9. The third-order valence-corrected chi connectivity index (χ3v) is 5.15. The Labute approximate surface area is 157 Å². The van der Waals surface area contributed by atoms with Gasteiger partial charge in [0.15, 0.2) is 17.4 Å². The van der Waals surface area contributed by atoms with Crippen LogP contribution in [-0.4, -0.2) is 24.1 Å². The zero-order chi connectivity index (χ0) is 19.9. The molecule has 27 heavy (non-hydrogen) atoms. The number of allylic oxidation sites excluding steroid dienone is 2. The van der Waals surface area contributed by atoms with Gasteiger partial charge in [-0.1, -0.05) is 19.9 Å². The lowest BCUT2D eigenvalue weighted by Gasteiger charge is -2.39. The Morgan fingerprint density at radius 3 is 2.59 bits per heavy atom. The molecule has 0 N–H and O–H groups in total. The zero-order valence-corrected chi connectivity index (χ0v) is 15.9. The van der Waals surface area contributed by atoms with Crippen molar-refractivity contribution in [2.75, 3.05) is 6.61 Å². The number of carbonyl (C=O) groups excluding carboxylic acids is 2. The average Bonchev–Trinajstić information content (AvgIpc) is 2.55. The highest BCUT2D eigenvalue weighted by molar-refractivity contribution is 6.09. The lowest BCUT2D eigenvalue weighted by atomic mass is 9.67. The second kappa shape index (κ2) is 6.98. The maximum Gasteiger partial charge on any atom is 0.315 e. The first-order chi connectivity index (χ1) is 12.6. The predicted octanol–water partition coefficient (Wildman–Crippen LogP) is 4.35. The highest BCUT2D eigenvalue weighted by Crippen LogP contribution is 2.48. The monoisotopic (exact) mass is 375 g/mol. The fourth-order valence-electron chi connectivity index (χ4n) is 4.05. The molecule has 0 spiro atoms. The molecule has 0 saturated heterocycles. The number of rotatable bonds is 3. The predicted molar refractivity (Wildman–Crippen MR) is 97.4 cm³/mol. The highest BCUT2D eigenvalue weighted by Gasteiger charge is 2.46. The molecule has 1 unspecified atom stereocenters. The van der Waals surface area contributed by atoms with Gasteiger partial charge in [-0.15, -0.1) is 0 Å². The number of ketones is 1. The molecule has 6 heteroatoms. The first kappa shape index (κ1) is 19.4. The number of carbonyl (C=O) groups is 2. The van der Waals surface area contributed by atoms with Gasteiger partial charge in [-0.2, -0.15) is 0 Å². The standard InChI is InChI=1S/C21H23F2NO3/c1-5-27-20(26)17-11(2)24-15-9-21(3,4)10-16(25)19(15)18(17)12-6-7-13(22)14(23)8-12/h6-8,17-18H,5,9-10H2,1-4H3/t17?,18-/m0/s1. The van der Waals surface area contributed by atoms with Gasteiger partial charge in [-0.25, -0.2) is 8.78 Å². The Bertz CT molecular complexity index is 870. The largest absolute Gasteiger partial charge is 0.465 e. The quantitative estimate of drug-likeness (QED) is 0.738. The van der Waals surface area contributed by atoms with Crippen LogP contribution in [0.2, 0.25) is 0 Å². The fraction of sp³-hybridized carbons (Fsp3) is 0.476. The third-order valence-electron chi connectivity index (χ3n) is 5.15. The van der Waals surface area contributed by atoms with Crippen LogP contribution in [0, 0.1) is 23.0 Å². The van der Waals surface area contributed by atoms with E-state index in [4.69, 9.17) is 4.74 Å². The van der Waals surface area contributed by atoms with Crippen molar-refractivity contribution in [2.45, 2.75) is 46.5 Å². The van der Waals surface area contributed by atoms with Gasteiger partial charge in [0.1, 0.15) is 5.92 Å². The summed E-state index contributed by atoms with van der Waals surface area (Å²) < 4.78 is 32.6. The molecule has 1 heterocycles. The summed E-state index contributed by atoms with van der Waals surface area (Å²) in [6.45, 7) is 7.57. The highest BCUT2D eigenvalue weighted by atomic mass is 19.2. The van der Waals surface area contributed by atoms with Crippen LogP contribution in [0.1, 0.15) is 52.0 Å². The Kier molecular flexibility index (Phi) is 5.02. The van der Waals surface area contributed by atoms with Gasteiger partial charge in [0.05, 0.1) is 6.61 Å². The van der Waals surface area contributed by atoms with Crippen molar-refractivity contribution < 1.29 is 23.1 Å². The summed E-state index contributed by atoms with van der Waals surface area (Å²) in [4.78, 5) is 30.2. The number of nitrogens with zero attached hydrogens (tertiary/aromatic N) is 1. The van der Waals surface area contributed by atoms with Gasteiger partial charge in [0, 0.05) is 29.3 Å². The molecule has 4 nitrogen and oxygen atoms in total. The van der Waals surface area contributed by atoms with Crippen LogP contribution in [-0.2, 0) is 14.3 Å². The van der Waals surface area contributed by atoms with Gasteiger partial charge in [-0.05, 0) is 43.4 Å². The van der Waals surface area contributed by atoms with E-state index < -0.39 is 29.4 Å². The first-order valence-corrected chi connectivity index (χ1v) is 9.07. The molecule has 0 amide bonds. The number of esters is 1. The molecule has 1 aliphatic heterocycles. The molecule has 0 bridgehead atoms. The Balaban J connectivity index is 2.19. The van der Waals surface area contributed by atoms with E-state index in [-0.39, 0.29) is 17.8 Å². The summed E-state index contributed by atoms with van der Waals surface area (Å²) in [5.41, 5.74) is 1.71. The second-order valence-electron chi connectivity index (χ2n) is 7.94. The normalized spacial score (nSPS) is 24.4. The van der Waals surface area contributed by atoms with Gasteiger partial charge < -0.3 is 4.74 Å². The van der Waals surface area contributed by atoms with Crippen molar-refractivity contribution in [2.24, 2.45) is 16.3 Å². The first-order valence-electron chi connectivity index (χ1n) is 9.07. The van der Waals surface area contributed by atoms with Crippen LogP contribution in [0.25, 0.3) is 0 Å². The molecule has 1 aromatic rings. The van der Waals surface area contributed by atoms with Crippen LogP contribution >= 0.6 is 0 Å². The average molecular weight is 375 g/mol. The number of halogens is 2.